The van der Waals surface area contributed by atoms with Crippen molar-refractivity contribution in [2.45, 2.75) is 43.9 Å². The molecule has 1 aromatic heterocycles. The molecule has 0 saturated heterocycles. The Morgan fingerprint density at radius 3 is 1.52 bits per heavy atom. The summed E-state index contributed by atoms with van der Waals surface area (Å²) in [6.45, 7) is 9.52. The van der Waals surface area contributed by atoms with Crippen molar-refractivity contribution in [3.8, 4) is 33.4 Å². The van der Waals surface area contributed by atoms with Crippen LogP contribution in [0.25, 0.3) is 53.6 Å². The van der Waals surface area contributed by atoms with Gasteiger partial charge >= 0.3 is 0 Å². The summed E-state index contributed by atoms with van der Waals surface area (Å²) in [6, 6.07) is 75.9. The Hall–Kier alpha value is -7.00. The molecular weight excluding hydrogens is 779 g/mol. The number of thiophene rings is 1. The molecule has 1 heterocycles. The Morgan fingerprint density at radius 1 is 0.317 bits per heavy atom. The van der Waals surface area contributed by atoms with Crippen LogP contribution in [-0.2, 0) is 16.2 Å². The molecule has 3 aliphatic carbocycles. The predicted octanol–water partition coefficient (Wildman–Crippen LogP) is 16.5. The second-order valence-corrected chi connectivity index (χ2v) is 19.9. The Bertz CT molecular complexity index is 3480. The fourth-order valence-electron chi connectivity index (χ4n) is 12.0. The molecule has 0 saturated carbocycles. The summed E-state index contributed by atoms with van der Waals surface area (Å²) < 4.78 is 2.63. The van der Waals surface area contributed by atoms with Crippen molar-refractivity contribution in [1.29, 1.82) is 0 Å². The summed E-state index contributed by atoms with van der Waals surface area (Å²) in [6.07, 6.45) is 0. The van der Waals surface area contributed by atoms with Crippen LogP contribution in [0.3, 0.4) is 0 Å². The average Bonchev–Trinajstić information content (AvgIpc) is 3.92. The molecule has 0 amide bonds. The number of nitrogens with zero attached hydrogens (tertiary/aromatic N) is 1. The minimum Gasteiger partial charge on any atom is -0.310 e. The fourth-order valence-corrected chi connectivity index (χ4v) is 13.1. The van der Waals surface area contributed by atoms with E-state index in [1.165, 1.54) is 98.1 Å². The number of anilines is 3. The number of rotatable bonds is 4. The Morgan fingerprint density at radius 2 is 0.794 bits per heavy atom. The van der Waals surface area contributed by atoms with Crippen molar-refractivity contribution in [3.63, 3.8) is 0 Å². The van der Waals surface area contributed by atoms with E-state index in [1.807, 2.05) is 11.3 Å². The number of fused-ring (bicyclic) bond motifs is 15. The van der Waals surface area contributed by atoms with Gasteiger partial charge in [-0.2, -0.15) is 0 Å². The standard InChI is InChI=1S/C61H45NS/c1-59(2)49-18-8-5-15-43(49)45-33-30-42(37-55(45)59)62(41-31-34-58-48(36-41)47-17-7-14-24-57(47)63-58)40-28-25-38(26-29-40)39-27-32-46-44-16-6-9-19-50(44)61(56(46)35-39)53-22-12-10-20-51(53)60(3,4)52-21-11-13-23-54(52)61/h5-37H,1-4H3. The lowest BCUT2D eigenvalue weighted by Crippen LogP contribution is -2.40. The lowest BCUT2D eigenvalue weighted by atomic mass is 9.55. The highest BCUT2D eigenvalue weighted by atomic mass is 32.1. The minimum atomic E-state index is -0.424. The van der Waals surface area contributed by atoms with E-state index in [4.69, 9.17) is 0 Å². The molecule has 0 bridgehead atoms. The van der Waals surface area contributed by atoms with Gasteiger partial charge in [0.15, 0.2) is 0 Å². The van der Waals surface area contributed by atoms with Crippen LogP contribution in [0.4, 0.5) is 17.1 Å². The fraction of sp³-hybridized carbons (Fsp3) is 0.115. The molecule has 9 aromatic carbocycles. The number of hydrogen-bond acceptors (Lipinski definition) is 2. The van der Waals surface area contributed by atoms with Crippen molar-refractivity contribution in [1.82, 2.24) is 0 Å². The third-order valence-electron chi connectivity index (χ3n) is 15.0. The highest BCUT2D eigenvalue weighted by molar-refractivity contribution is 7.25. The molecule has 3 aliphatic rings. The largest absolute Gasteiger partial charge is 0.310 e. The van der Waals surface area contributed by atoms with Crippen molar-refractivity contribution >= 4 is 48.6 Å². The molecule has 0 N–H and O–H groups in total. The van der Waals surface area contributed by atoms with Crippen molar-refractivity contribution in [2.75, 3.05) is 4.90 Å². The van der Waals surface area contributed by atoms with Crippen molar-refractivity contribution in [3.05, 3.63) is 245 Å². The smallest absolute Gasteiger partial charge is 0.0719 e. The summed E-state index contributed by atoms with van der Waals surface area (Å²) in [4.78, 5) is 2.46. The normalized spacial score (nSPS) is 15.4. The maximum Gasteiger partial charge on any atom is 0.0719 e. The zero-order valence-electron chi connectivity index (χ0n) is 35.9. The van der Waals surface area contributed by atoms with E-state index in [9.17, 15) is 0 Å². The quantitative estimate of drug-likeness (QED) is 0.171. The van der Waals surface area contributed by atoms with Crippen LogP contribution >= 0.6 is 11.3 Å². The van der Waals surface area contributed by atoms with Gasteiger partial charge in [0.1, 0.15) is 0 Å². The molecule has 0 radical (unpaired) electrons. The zero-order valence-corrected chi connectivity index (χ0v) is 36.7. The first kappa shape index (κ1) is 36.6. The molecule has 10 aromatic rings. The summed E-state index contributed by atoms with van der Waals surface area (Å²) >= 11 is 1.87. The molecule has 0 unspecified atom stereocenters. The molecule has 2 heteroatoms. The molecule has 1 nitrogen and oxygen atoms in total. The molecule has 63 heavy (non-hydrogen) atoms. The minimum absolute atomic E-state index is 0.106. The van der Waals surface area contributed by atoms with E-state index < -0.39 is 5.41 Å². The van der Waals surface area contributed by atoms with Crippen LogP contribution in [-0.4, -0.2) is 0 Å². The van der Waals surface area contributed by atoms with E-state index >= 15 is 0 Å². The number of hydrogen-bond donors (Lipinski definition) is 0. The Balaban J connectivity index is 0.973. The molecule has 1 spiro atoms. The van der Waals surface area contributed by atoms with Gasteiger partial charge in [0.2, 0.25) is 0 Å². The van der Waals surface area contributed by atoms with E-state index in [2.05, 4.69) is 233 Å². The third kappa shape index (κ3) is 4.93. The molecule has 0 fully saturated rings. The highest BCUT2D eigenvalue weighted by Crippen LogP contribution is 2.62. The van der Waals surface area contributed by atoms with Gasteiger partial charge in [0, 0.05) is 48.1 Å². The Kier molecular flexibility index (Phi) is 7.57. The average molecular weight is 824 g/mol. The van der Waals surface area contributed by atoms with Gasteiger partial charge in [0.05, 0.1) is 5.41 Å². The first-order valence-electron chi connectivity index (χ1n) is 22.3. The summed E-state index contributed by atoms with van der Waals surface area (Å²) in [5.74, 6) is 0. The van der Waals surface area contributed by atoms with Crippen LogP contribution in [0.2, 0.25) is 0 Å². The predicted molar refractivity (Wildman–Crippen MR) is 266 cm³/mol. The van der Waals surface area contributed by atoms with Gasteiger partial charge < -0.3 is 4.90 Å². The van der Waals surface area contributed by atoms with Crippen LogP contribution in [0.15, 0.2) is 200 Å². The second-order valence-electron chi connectivity index (χ2n) is 18.8. The van der Waals surface area contributed by atoms with Gasteiger partial charge in [-0.1, -0.05) is 173 Å². The second kappa shape index (κ2) is 13.0. The summed E-state index contributed by atoms with van der Waals surface area (Å²) in [7, 11) is 0. The van der Waals surface area contributed by atoms with Gasteiger partial charge in [-0.3, -0.25) is 0 Å². The van der Waals surface area contributed by atoms with Crippen LogP contribution < -0.4 is 4.90 Å². The van der Waals surface area contributed by atoms with Gasteiger partial charge in [-0.15, -0.1) is 11.3 Å². The molecule has 13 rings (SSSR count). The van der Waals surface area contributed by atoms with Crippen molar-refractivity contribution < 1.29 is 0 Å². The Labute approximate surface area is 373 Å². The van der Waals surface area contributed by atoms with Crippen molar-refractivity contribution in [2.24, 2.45) is 0 Å². The lowest BCUT2D eigenvalue weighted by molar-refractivity contribution is 0.563. The van der Waals surface area contributed by atoms with Crippen LogP contribution in [0.1, 0.15) is 72.2 Å². The van der Waals surface area contributed by atoms with E-state index in [-0.39, 0.29) is 10.8 Å². The van der Waals surface area contributed by atoms with E-state index in [1.54, 1.807) is 0 Å². The molecule has 0 atom stereocenters. The zero-order chi connectivity index (χ0) is 42.2. The maximum atomic E-state index is 2.50. The van der Waals surface area contributed by atoms with E-state index in [0.29, 0.717) is 0 Å². The van der Waals surface area contributed by atoms with Crippen LogP contribution in [0.5, 0.6) is 0 Å². The topological polar surface area (TPSA) is 3.24 Å². The van der Waals surface area contributed by atoms with Gasteiger partial charge in [0.25, 0.3) is 0 Å². The third-order valence-corrected chi connectivity index (χ3v) is 16.1. The lowest BCUT2D eigenvalue weighted by Gasteiger charge is -2.46. The maximum absolute atomic E-state index is 2.50. The van der Waals surface area contributed by atoms with Gasteiger partial charge in [-0.25, -0.2) is 0 Å². The van der Waals surface area contributed by atoms with E-state index in [0.717, 1.165) is 17.1 Å². The highest BCUT2D eigenvalue weighted by Gasteiger charge is 2.53. The van der Waals surface area contributed by atoms with Gasteiger partial charge in [-0.05, 0) is 132 Å². The monoisotopic (exact) mass is 823 g/mol. The summed E-state index contributed by atoms with van der Waals surface area (Å²) in [5, 5.41) is 2.61. The van der Waals surface area contributed by atoms with Crippen LogP contribution in [0, 0.1) is 0 Å². The molecule has 0 aliphatic heterocycles. The first-order valence-corrected chi connectivity index (χ1v) is 23.1. The molecule has 300 valence electrons. The number of benzene rings is 9. The summed E-state index contributed by atoms with van der Waals surface area (Å²) in [5.41, 5.74) is 21.6. The SMILES string of the molecule is CC1(C)c2ccccc2-c2ccc(N(c3ccc(-c4ccc5c(c4)C4(c6ccccc6-5)c5ccccc5C(C)(C)c5ccccc54)cc3)c3ccc4sc5ccccc5c4c3)cc21. The molecular formula is C61H45NS. The first-order chi connectivity index (χ1) is 30.7.